The summed E-state index contributed by atoms with van der Waals surface area (Å²) in [4.78, 5) is 5.41. The van der Waals surface area contributed by atoms with Gasteiger partial charge in [0.25, 0.3) is 0 Å². The summed E-state index contributed by atoms with van der Waals surface area (Å²) in [6.45, 7) is 2.02. The molecule has 2 aromatic rings. The van der Waals surface area contributed by atoms with Crippen molar-refractivity contribution in [1.29, 1.82) is 0 Å². The van der Waals surface area contributed by atoms with Gasteiger partial charge in [-0.3, -0.25) is 0 Å². The van der Waals surface area contributed by atoms with E-state index in [1.807, 2.05) is 30.6 Å². The van der Waals surface area contributed by atoms with Gasteiger partial charge in [0.1, 0.15) is 0 Å². The molecule has 0 saturated carbocycles. The van der Waals surface area contributed by atoms with E-state index >= 15 is 0 Å². The van der Waals surface area contributed by atoms with E-state index in [2.05, 4.69) is 17.1 Å². The van der Waals surface area contributed by atoms with E-state index in [1.165, 1.54) is 4.88 Å². The highest BCUT2D eigenvalue weighted by atomic mass is 32.1. The highest BCUT2D eigenvalue weighted by Gasteiger charge is 2.02. The average molecular weight is 174 g/mol. The van der Waals surface area contributed by atoms with Crippen LogP contribution in [0, 0.1) is 13.0 Å². The quantitative estimate of drug-likeness (QED) is 0.647. The van der Waals surface area contributed by atoms with Crippen molar-refractivity contribution in [3.8, 4) is 10.4 Å². The summed E-state index contributed by atoms with van der Waals surface area (Å²) in [6.07, 6.45) is 0. The fourth-order valence-electron chi connectivity index (χ4n) is 1.09. The summed E-state index contributed by atoms with van der Waals surface area (Å²) in [6, 6.07) is 11.2. The SMILES string of the molecule is Cc1ncsc1-c1[c]cccc1. The van der Waals surface area contributed by atoms with Gasteiger partial charge < -0.3 is 0 Å². The number of aryl methyl sites for hydroxylation is 1. The second kappa shape index (κ2) is 3.07. The van der Waals surface area contributed by atoms with Crippen LogP contribution in [0.5, 0.6) is 0 Å². The third kappa shape index (κ3) is 1.25. The Bertz CT molecular complexity index is 364. The first-order valence-electron chi connectivity index (χ1n) is 3.75. The fraction of sp³-hybridized carbons (Fsp3) is 0.100. The minimum absolute atomic E-state index is 1.09. The molecule has 0 aliphatic carbocycles. The molecule has 0 amide bonds. The minimum Gasteiger partial charge on any atom is -0.249 e. The van der Waals surface area contributed by atoms with Gasteiger partial charge in [-0.05, 0) is 13.0 Å². The van der Waals surface area contributed by atoms with Crippen LogP contribution in [0.3, 0.4) is 0 Å². The van der Waals surface area contributed by atoms with Crippen LogP contribution >= 0.6 is 11.3 Å². The van der Waals surface area contributed by atoms with Gasteiger partial charge in [-0.15, -0.1) is 11.3 Å². The molecule has 0 aliphatic heterocycles. The second-order valence-electron chi connectivity index (χ2n) is 2.54. The Labute approximate surface area is 75.7 Å². The Morgan fingerprint density at radius 3 is 2.92 bits per heavy atom. The predicted molar refractivity (Wildman–Crippen MR) is 51.1 cm³/mol. The molecule has 0 N–H and O–H groups in total. The van der Waals surface area contributed by atoms with Crippen molar-refractivity contribution >= 4 is 11.3 Å². The number of aromatic nitrogens is 1. The summed E-state index contributed by atoms with van der Waals surface area (Å²) < 4.78 is 0. The first-order chi connectivity index (χ1) is 5.88. The van der Waals surface area contributed by atoms with Crippen LogP contribution in [0.4, 0.5) is 0 Å². The maximum atomic E-state index is 4.19. The van der Waals surface area contributed by atoms with E-state index in [0.717, 1.165) is 11.3 Å². The van der Waals surface area contributed by atoms with E-state index < -0.39 is 0 Å². The maximum absolute atomic E-state index is 4.19. The lowest BCUT2D eigenvalue weighted by atomic mass is 10.2. The molecule has 1 nitrogen and oxygen atoms in total. The van der Waals surface area contributed by atoms with Crippen molar-refractivity contribution in [2.75, 3.05) is 0 Å². The zero-order valence-electron chi connectivity index (χ0n) is 6.74. The van der Waals surface area contributed by atoms with Gasteiger partial charge in [0.15, 0.2) is 0 Å². The molecule has 0 saturated heterocycles. The van der Waals surface area contributed by atoms with Crippen LogP contribution in [0.25, 0.3) is 10.4 Å². The largest absolute Gasteiger partial charge is 0.249 e. The number of thiazole rings is 1. The van der Waals surface area contributed by atoms with E-state index in [1.54, 1.807) is 11.3 Å². The van der Waals surface area contributed by atoms with Crippen LogP contribution in [-0.4, -0.2) is 4.98 Å². The number of hydrogen-bond acceptors (Lipinski definition) is 2. The maximum Gasteiger partial charge on any atom is 0.0801 e. The predicted octanol–water partition coefficient (Wildman–Crippen LogP) is 2.92. The van der Waals surface area contributed by atoms with Crippen molar-refractivity contribution in [1.82, 2.24) is 4.98 Å². The highest BCUT2D eigenvalue weighted by Crippen LogP contribution is 2.25. The van der Waals surface area contributed by atoms with Crippen LogP contribution in [0.1, 0.15) is 5.69 Å². The normalized spacial score (nSPS) is 10.1. The van der Waals surface area contributed by atoms with E-state index in [-0.39, 0.29) is 0 Å². The Balaban J connectivity index is 2.51. The topological polar surface area (TPSA) is 12.9 Å². The van der Waals surface area contributed by atoms with Crippen molar-refractivity contribution in [2.24, 2.45) is 0 Å². The zero-order valence-corrected chi connectivity index (χ0v) is 7.56. The zero-order chi connectivity index (χ0) is 8.39. The molecule has 1 heterocycles. The molecule has 0 unspecified atom stereocenters. The van der Waals surface area contributed by atoms with Crippen LogP contribution < -0.4 is 0 Å². The fourth-order valence-corrected chi connectivity index (χ4v) is 1.89. The summed E-state index contributed by atoms with van der Waals surface area (Å²) in [5.41, 5.74) is 4.09. The molecule has 0 spiro atoms. The van der Waals surface area contributed by atoms with E-state index in [0.29, 0.717) is 0 Å². The number of rotatable bonds is 1. The molecular weight excluding hydrogens is 166 g/mol. The first-order valence-corrected chi connectivity index (χ1v) is 4.63. The summed E-state index contributed by atoms with van der Waals surface area (Å²) >= 11 is 1.66. The smallest absolute Gasteiger partial charge is 0.0801 e. The van der Waals surface area contributed by atoms with Crippen molar-refractivity contribution < 1.29 is 0 Å². The lowest BCUT2D eigenvalue weighted by Crippen LogP contribution is -1.76. The molecule has 1 radical (unpaired) electrons. The standard InChI is InChI=1S/C10H8NS/c1-8-10(12-7-11-8)9-5-3-2-4-6-9/h2-5,7H,1H3. The van der Waals surface area contributed by atoms with Gasteiger partial charge >= 0.3 is 0 Å². The van der Waals surface area contributed by atoms with Crippen LogP contribution in [-0.2, 0) is 0 Å². The van der Waals surface area contributed by atoms with Crippen molar-refractivity contribution in [2.45, 2.75) is 6.92 Å². The van der Waals surface area contributed by atoms with Crippen molar-refractivity contribution in [3.05, 3.63) is 41.5 Å². The van der Waals surface area contributed by atoms with Crippen LogP contribution in [0.15, 0.2) is 29.8 Å². The monoisotopic (exact) mass is 174 g/mol. The third-order valence-electron chi connectivity index (χ3n) is 1.70. The van der Waals surface area contributed by atoms with E-state index in [4.69, 9.17) is 0 Å². The average Bonchev–Trinajstić information content (AvgIpc) is 2.53. The van der Waals surface area contributed by atoms with Gasteiger partial charge in [0.05, 0.1) is 16.1 Å². The molecular formula is C10H8NS. The van der Waals surface area contributed by atoms with Gasteiger partial charge in [-0.25, -0.2) is 4.98 Å². The molecule has 0 atom stereocenters. The Kier molecular flexibility index (Phi) is 1.92. The van der Waals surface area contributed by atoms with Gasteiger partial charge in [0.2, 0.25) is 0 Å². The molecule has 2 rings (SSSR count). The number of hydrogen-bond donors (Lipinski definition) is 0. The Hall–Kier alpha value is -1.15. The number of benzene rings is 1. The molecule has 59 valence electrons. The molecule has 1 aromatic carbocycles. The summed E-state index contributed by atoms with van der Waals surface area (Å²) in [7, 11) is 0. The Morgan fingerprint density at radius 2 is 2.33 bits per heavy atom. The van der Waals surface area contributed by atoms with Gasteiger partial charge in [-0.2, -0.15) is 0 Å². The second-order valence-corrected chi connectivity index (χ2v) is 3.40. The molecule has 0 aliphatic rings. The minimum atomic E-state index is 1.09. The molecule has 0 bridgehead atoms. The molecule has 2 heteroatoms. The molecule has 12 heavy (non-hydrogen) atoms. The Morgan fingerprint density at radius 1 is 1.42 bits per heavy atom. The van der Waals surface area contributed by atoms with Gasteiger partial charge in [0, 0.05) is 5.56 Å². The van der Waals surface area contributed by atoms with E-state index in [9.17, 15) is 0 Å². The van der Waals surface area contributed by atoms with Gasteiger partial charge in [-0.1, -0.05) is 24.3 Å². The van der Waals surface area contributed by atoms with Crippen LogP contribution in [0.2, 0.25) is 0 Å². The number of nitrogens with zero attached hydrogens (tertiary/aromatic N) is 1. The third-order valence-corrected chi connectivity index (χ3v) is 2.66. The molecule has 1 aromatic heterocycles. The lowest BCUT2D eigenvalue weighted by molar-refractivity contribution is 1.27. The van der Waals surface area contributed by atoms with Crippen molar-refractivity contribution in [3.63, 3.8) is 0 Å². The summed E-state index contributed by atoms with van der Waals surface area (Å²) in [5, 5.41) is 0. The first kappa shape index (κ1) is 7.50. The highest BCUT2D eigenvalue weighted by molar-refractivity contribution is 7.13. The lowest BCUT2D eigenvalue weighted by Gasteiger charge is -1.95. The molecule has 0 fully saturated rings. The summed E-state index contributed by atoms with van der Waals surface area (Å²) in [5.74, 6) is 0.